The van der Waals surface area contributed by atoms with E-state index in [-0.39, 0.29) is 0 Å². The van der Waals surface area contributed by atoms with Gasteiger partial charge in [0.2, 0.25) is 0 Å². The van der Waals surface area contributed by atoms with E-state index in [1.54, 1.807) is 0 Å². The van der Waals surface area contributed by atoms with Crippen molar-refractivity contribution in [1.29, 1.82) is 0 Å². The minimum Gasteiger partial charge on any atom is -0.455 e. The Kier molecular flexibility index (Phi) is 5.14. The van der Waals surface area contributed by atoms with Crippen LogP contribution in [0.2, 0.25) is 0 Å². The summed E-state index contributed by atoms with van der Waals surface area (Å²) < 4.78 is 11.9. The molecule has 6 heteroatoms. The molecule has 0 aliphatic rings. The zero-order chi connectivity index (χ0) is 33.2. The minimum atomic E-state index is 0.565. The summed E-state index contributed by atoms with van der Waals surface area (Å²) in [5, 5.41) is 6.94. The minimum absolute atomic E-state index is 0.565. The molecule has 0 aliphatic carbocycles. The molecule has 0 aliphatic heterocycles. The van der Waals surface area contributed by atoms with Gasteiger partial charge in [-0.25, -0.2) is 15.0 Å². The lowest BCUT2D eigenvalue weighted by molar-refractivity contribution is 0.670. The molecule has 0 saturated heterocycles. The third-order valence-corrected chi connectivity index (χ3v) is 10.5. The lowest BCUT2D eigenvalue weighted by Crippen LogP contribution is -2.00. The number of furan rings is 1. The van der Waals surface area contributed by atoms with Crippen molar-refractivity contribution in [2.75, 3.05) is 0 Å². The maximum Gasteiger partial charge on any atom is 0.167 e. The lowest BCUT2D eigenvalue weighted by atomic mass is 10.0. The molecular formula is C45H25N5O. The fourth-order valence-electron chi connectivity index (χ4n) is 8.37. The van der Waals surface area contributed by atoms with Gasteiger partial charge in [-0.05, 0) is 42.5 Å². The highest BCUT2D eigenvalue weighted by Crippen LogP contribution is 2.46. The molecule has 0 saturated carbocycles. The van der Waals surface area contributed by atoms with E-state index in [4.69, 9.17) is 19.4 Å². The summed E-state index contributed by atoms with van der Waals surface area (Å²) in [6, 6.07) is 52.9. The molecule has 51 heavy (non-hydrogen) atoms. The number of fused-ring (bicyclic) bond motifs is 8. The number of hydrogen-bond acceptors (Lipinski definition) is 4. The van der Waals surface area contributed by atoms with Gasteiger partial charge in [0, 0.05) is 32.7 Å². The Bertz CT molecular complexity index is 3300. The highest BCUT2D eigenvalue weighted by atomic mass is 16.3. The van der Waals surface area contributed by atoms with Crippen LogP contribution in [0.5, 0.6) is 0 Å². The highest BCUT2D eigenvalue weighted by molar-refractivity contribution is 6.30. The van der Waals surface area contributed by atoms with Crippen LogP contribution >= 0.6 is 0 Å². The van der Waals surface area contributed by atoms with Gasteiger partial charge in [-0.2, -0.15) is 0 Å². The molecule has 236 valence electrons. The van der Waals surface area contributed by atoms with Crippen molar-refractivity contribution in [3.63, 3.8) is 0 Å². The summed E-state index contributed by atoms with van der Waals surface area (Å²) in [5.41, 5.74) is 11.1. The van der Waals surface area contributed by atoms with Gasteiger partial charge < -0.3 is 13.2 Å². The van der Waals surface area contributed by atoms with E-state index in [0.29, 0.717) is 17.5 Å². The van der Waals surface area contributed by atoms with Crippen molar-refractivity contribution in [2.45, 2.75) is 0 Å². The zero-order valence-corrected chi connectivity index (χ0v) is 27.1. The molecule has 5 heterocycles. The Morgan fingerprint density at radius 3 is 1.61 bits per heavy atom. The second kappa shape index (κ2) is 9.77. The van der Waals surface area contributed by atoms with Crippen LogP contribution in [0.1, 0.15) is 0 Å². The van der Waals surface area contributed by atoms with E-state index in [1.807, 2.05) is 60.7 Å². The smallest absolute Gasteiger partial charge is 0.167 e. The standard InChI is InChI=1S/C45H25N5O/c1-3-12-26(13-4-1)43-46-44(27-14-5-2-6-15-27)48-45(47-43)32-22-24-35-38-39-37(51-42(32)38)25-23-31-29-17-8-10-20-34(29)50(41(31)39)36-21-11-18-30-28-16-7-9-19-33(28)49(35)40(30)36/h1-25H. The van der Waals surface area contributed by atoms with E-state index in [0.717, 1.165) is 71.7 Å². The number of aromatic nitrogens is 5. The monoisotopic (exact) mass is 651 g/mol. The molecular weight excluding hydrogens is 627 g/mol. The van der Waals surface area contributed by atoms with Crippen molar-refractivity contribution in [1.82, 2.24) is 23.8 Å². The first-order chi connectivity index (χ1) is 25.3. The summed E-state index contributed by atoms with van der Waals surface area (Å²) in [6.07, 6.45) is 0. The molecule has 0 amide bonds. The molecule has 0 unspecified atom stereocenters. The first-order valence-electron chi connectivity index (χ1n) is 17.1. The fraction of sp³-hybridized carbons (Fsp3) is 0. The third-order valence-electron chi connectivity index (χ3n) is 10.5. The molecule has 0 N–H and O–H groups in total. The molecule has 0 atom stereocenters. The van der Waals surface area contributed by atoms with Gasteiger partial charge in [-0.3, -0.25) is 0 Å². The molecule has 12 rings (SSSR count). The van der Waals surface area contributed by atoms with Crippen molar-refractivity contribution < 1.29 is 4.42 Å². The summed E-state index contributed by atoms with van der Waals surface area (Å²) in [7, 11) is 0. The maximum absolute atomic E-state index is 7.01. The van der Waals surface area contributed by atoms with Crippen LogP contribution in [0.25, 0.3) is 111 Å². The van der Waals surface area contributed by atoms with Crippen LogP contribution in [0.3, 0.4) is 0 Å². The zero-order valence-electron chi connectivity index (χ0n) is 27.1. The average Bonchev–Trinajstić information content (AvgIpc) is 3.86. The van der Waals surface area contributed by atoms with Gasteiger partial charge in [0.1, 0.15) is 11.2 Å². The van der Waals surface area contributed by atoms with Gasteiger partial charge >= 0.3 is 0 Å². The number of para-hydroxylation sites is 3. The normalized spacial score (nSPS) is 12.3. The maximum atomic E-state index is 7.01. The Morgan fingerprint density at radius 1 is 0.373 bits per heavy atom. The van der Waals surface area contributed by atoms with Gasteiger partial charge in [0.25, 0.3) is 0 Å². The van der Waals surface area contributed by atoms with Gasteiger partial charge in [0.05, 0.1) is 49.4 Å². The van der Waals surface area contributed by atoms with E-state index in [1.165, 1.54) is 21.5 Å². The first-order valence-corrected chi connectivity index (χ1v) is 17.1. The number of nitrogens with zero attached hydrogens (tertiary/aromatic N) is 5. The number of benzene rings is 7. The van der Waals surface area contributed by atoms with Gasteiger partial charge in [-0.15, -0.1) is 0 Å². The van der Waals surface area contributed by atoms with Crippen molar-refractivity contribution in [3.05, 3.63) is 152 Å². The Hall–Kier alpha value is -7.05. The molecule has 5 aromatic heterocycles. The highest BCUT2D eigenvalue weighted by Gasteiger charge is 2.25. The Morgan fingerprint density at radius 2 is 0.922 bits per heavy atom. The first kappa shape index (κ1) is 26.9. The van der Waals surface area contributed by atoms with E-state index in [2.05, 4.69) is 99.8 Å². The molecule has 0 radical (unpaired) electrons. The van der Waals surface area contributed by atoms with E-state index >= 15 is 0 Å². The van der Waals surface area contributed by atoms with E-state index < -0.39 is 0 Å². The molecule has 12 aromatic rings. The van der Waals surface area contributed by atoms with Crippen LogP contribution < -0.4 is 0 Å². The van der Waals surface area contributed by atoms with Crippen LogP contribution in [0.4, 0.5) is 0 Å². The lowest BCUT2D eigenvalue weighted by Gasteiger charge is -2.11. The summed E-state index contributed by atoms with van der Waals surface area (Å²) in [6.45, 7) is 0. The largest absolute Gasteiger partial charge is 0.455 e. The SMILES string of the molecule is c1ccc(-c2nc(-c3ccccc3)nc(-c3ccc4c5c3oc3ccc6c7ccccc7n(c7cccc8c9ccccc9n4c87)c6c35)n2)cc1. The predicted octanol–water partition coefficient (Wildman–Crippen LogP) is 11.3. The Labute approximate surface area is 289 Å². The van der Waals surface area contributed by atoms with Crippen molar-refractivity contribution in [2.24, 2.45) is 0 Å². The second-order valence-corrected chi connectivity index (χ2v) is 13.2. The summed E-state index contributed by atoms with van der Waals surface area (Å²) >= 11 is 0. The van der Waals surface area contributed by atoms with Crippen LogP contribution in [0.15, 0.2) is 156 Å². The topological polar surface area (TPSA) is 60.6 Å². The summed E-state index contributed by atoms with van der Waals surface area (Å²) in [5.74, 6) is 1.79. The second-order valence-electron chi connectivity index (χ2n) is 13.2. The third kappa shape index (κ3) is 3.52. The summed E-state index contributed by atoms with van der Waals surface area (Å²) in [4.78, 5) is 15.2. The molecule has 6 nitrogen and oxygen atoms in total. The van der Waals surface area contributed by atoms with Gasteiger partial charge in [-0.1, -0.05) is 109 Å². The van der Waals surface area contributed by atoms with Crippen LogP contribution in [-0.4, -0.2) is 23.8 Å². The van der Waals surface area contributed by atoms with Gasteiger partial charge in [0.15, 0.2) is 17.5 Å². The van der Waals surface area contributed by atoms with E-state index in [9.17, 15) is 0 Å². The number of rotatable bonds is 3. The molecule has 0 spiro atoms. The predicted molar refractivity (Wildman–Crippen MR) is 207 cm³/mol. The fourth-order valence-corrected chi connectivity index (χ4v) is 8.37. The number of hydrogen-bond donors (Lipinski definition) is 0. The molecule has 0 fully saturated rings. The molecule has 7 aromatic carbocycles. The van der Waals surface area contributed by atoms with Crippen LogP contribution in [0, 0.1) is 0 Å². The molecule has 0 bridgehead atoms. The quantitative estimate of drug-likeness (QED) is 0.191. The van der Waals surface area contributed by atoms with Crippen molar-refractivity contribution >= 4 is 76.6 Å². The average molecular weight is 652 g/mol. The van der Waals surface area contributed by atoms with Crippen molar-refractivity contribution in [3.8, 4) is 34.2 Å². The Balaban J connectivity index is 1.32. The van der Waals surface area contributed by atoms with Crippen LogP contribution in [-0.2, 0) is 0 Å².